The number of amides is 2. The predicted molar refractivity (Wildman–Crippen MR) is 56.8 cm³/mol. The Balaban J connectivity index is 1.72. The zero-order chi connectivity index (χ0) is 13.2. The molecule has 2 rings (SSSR count). The molecule has 0 bridgehead atoms. The summed E-state index contributed by atoms with van der Waals surface area (Å²) in [5.74, 6) is 0. The number of urea groups is 1. The van der Waals surface area contributed by atoms with Gasteiger partial charge in [-0.05, 0) is 18.9 Å². The van der Waals surface area contributed by atoms with Gasteiger partial charge in [-0.2, -0.15) is 18.3 Å². The van der Waals surface area contributed by atoms with Crippen LogP contribution < -0.4 is 10.6 Å². The highest BCUT2D eigenvalue weighted by Crippen LogP contribution is 2.27. The Morgan fingerprint density at radius 3 is 2.78 bits per heavy atom. The second kappa shape index (κ2) is 4.87. The van der Waals surface area contributed by atoms with Crippen LogP contribution in [0, 0.1) is 0 Å². The van der Waals surface area contributed by atoms with Gasteiger partial charge in [-0.15, -0.1) is 0 Å². The first-order chi connectivity index (χ1) is 8.45. The summed E-state index contributed by atoms with van der Waals surface area (Å²) in [6.45, 7) is 0.436. The van der Waals surface area contributed by atoms with E-state index in [1.54, 1.807) is 0 Å². The summed E-state index contributed by atoms with van der Waals surface area (Å²) in [5.41, 5.74) is -0.926. The summed E-state index contributed by atoms with van der Waals surface area (Å²) in [5, 5.41) is 8.64. The molecule has 0 spiro atoms. The van der Waals surface area contributed by atoms with Gasteiger partial charge >= 0.3 is 12.2 Å². The number of rotatable bonds is 4. The van der Waals surface area contributed by atoms with E-state index in [1.165, 1.54) is 6.20 Å². The Morgan fingerprint density at radius 1 is 1.50 bits per heavy atom. The molecule has 1 heterocycles. The van der Waals surface area contributed by atoms with Crippen LogP contribution >= 0.6 is 0 Å². The smallest absolute Gasteiger partial charge is 0.336 e. The number of aromatic nitrogens is 2. The molecule has 18 heavy (non-hydrogen) atoms. The van der Waals surface area contributed by atoms with E-state index in [2.05, 4.69) is 15.7 Å². The molecule has 0 aromatic carbocycles. The van der Waals surface area contributed by atoms with Crippen molar-refractivity contribution in [2.75, 3.05) is 6.54 Å². The minimum absolute atomic E-state index is 0.203. The Bertz CT molecular complexity index is 425. The fourth-order valence-electron chi connectivity index (χ4n) is 1.39. The second-order valence-corrected chi connectivity index (χ2v) is 4.14. The third-order valence-corrected chi connectivity index (χ3v) is 2.47. The molecule has 1 aromatic rings. The van der Waals surface area contributed by atoms with Gasteiger partial charge in [-0.1, -0.05) is 0 Å². The fourth-order valence-corrected chi connectivity index (χ4v) is 1.39. The lowest BCUT2D eigenvalue weighted by Crippen LogP contribution is -2.38. The van der Waals surface area contributed by atoms with Crippen molar-refractivity contribution in [3.8, 4) is 0 Å². The summed E-state index contributed by atoms with van der Waals surface area (Å²) in [6, 6.07) is 0.872. The van der Waals surface area contributed by atoms with Gasteiger partial charge in [-0.3, -0.25) is 4.68 Å². The van der Waals surface area contributed by atoms with E-state index in [-0.39, 0.29) is 25.2 Å². The van der Waals surface area contributed by atoms with Gasteiger partial charge in [0.15, 0.2) is 5.69 Å². The molecule has 2 amide bonds. The lowest BCUT2D eigenvalue weighted by atomic mass is 10.4. The van der Waals surface area contributed by atoms with Crippen LogP contribution in [0.5, 0.6) is 0 Å². The van der Waals surface area contributed by atoms with Crippen LogP contribution in [0.4, 0.5) is 18.0 Å². The molecule has 2 N–H and O–H groups in total. The van der Waals surface area contributed by atoms with E-state index < -0.39 is 11.9 Å². The summed E-state index contributed by atoms with van der Waals surface area (Å²) in [4.78, 5) is 11.2. The molecule has 100 valence electrons. The molecule has 1 aromatic heterocycles. The van der Waals surface area contributed by atoms with Crippen LogP contribution in [0.1, 0.15) is 18.5 Å². The van der Waals surface area contributed by atoms with Gasteiger partial charge in [0.05, 0.1) is 6.54 Å². The number of hydrogen-bond donors (Lipinski definition) is 2. The molecule has 1 saturated carbocycles. The van der Waals surface area contributed by atoms with Crippen molar-refractivity contribution in [1.29, 1.82) is 0 Å². The molecular formula is C10H13F3N4O. The minimum atomic E-state index is -4.43. The third kappa shape index (κ3) is 3.64. The van der Waals surface area contributed by atoms with Gasteiger partial charge < -0.3 is 10.6 Å². The van der Waals surface area contributed by atoms with Crippen molar-refractivity contribution >= 4 is 6.03 Å². The van der Waals surface area contributed by atoms with E-state index in [4.69, 9.17) is 0 Å². The van der Waals surface area contributed by atoms with Crippen LogP contribution in [0.15, 0.2) is 12.3 Å². The Labute approximate surface area is 101 Å². The number of carbonyl (C=O) groups excluding carboxylic acids is 1. The van der Waals surface area contributed by atoms with Crippen molar-refractivity contribution in [1.82, 2.24) is 20.4 Å². The summed E-state index contributed by atoms with van der Waals surface area (Å²) < 4.78 is 37.9. The number of nitrogens with zero attached hydrogens (tertiary/aromatic N) is 2. The molecule has 1 aliphatic rings. The van der Waals surface area contributed by atoms with E-state index in [9.17, 15) is 18.0 Å². The Hall–Kier alpha value is -1.73. The zero-order valence-corrected chi connectivity index (χ0v) is 9.50. The molecular weight excluding hydrogens is 249 g/mol. The number of nitrogens with one attached hydrogen (secondary N) is 2. The van der Waals surface area contributed by atoms with Gasteiger partial charge in [0.1, 0.15) is 0 Å². The van der Waals surface area contributed by atoms with E-state index in [0.29, 0.717) is 0 Å². The van der Waals surface area contributed by atoms with Crippen LogP contribution in [0.2, 0.25) is 0 Å². The summed E-state index contributed by atoms with van der Waals surface area (Å²) in [7, 11) is 0. The predicted octanol–water partition coefficient (Wildman–Crippen LogP) is 1.36. The molecule has 0 radical (unpaired) electrons. The summed E-state index contributed by atoms with van der Waals surface area (Å²) >= 11 is 0. The second-order valence-electron chi connectivity index (χ2n) is 4.14. The maximum absolute atomic E-state index is 12.2. The Kier molecular flexibility index (Phi) is 3.44. The molecule has 0 saturated heterocycles. The summed E-state index contributed by atoms with van der Waals surface area (Å²) in [6.07, 6.45) is -1.21. The molecule has 5 nitrogen and oxygen atoms in total. The lowest BCUT2D eigenvalue weighted by molar-refractivity contribution is -0.141. The number of halogens is 3. The third-order valence-electron chi connectivity index (χ3n) is 2.47. The number of hydrogen-bond acceptors (Lipinski definition) is 2. The topological polar surface area (TPSA) is 59.0 Å². The van der Waals surface area contributed by atoms with Crippen LogP contribution in [-0.2, 0) is 12.7 Å². The van der Waals surface area contributed by atoms with Crippen LogP contribution in [0.3, 0.4) is 0 Å². The van der Waals surface area contributed by atoms with Gasteiger partial charge in [0.2, 0.25) is 0 Å². The molecule has 0 atom stereocenters. The van der Waals surface area contributed by atoms with Crippen molar-refractivity contribution in [2.45, 2.75) is 31.6 Å². The number of carbonyl (C=O) groups is 1. The van der Waals surface area contributed by atoms with Gasteiger partial charge in [0, 0.05) is 18.8 Å². The van der Waals surface area contributed by atoms with Crippen molar-refractivity contribution in [3.05, 3.63) is 18.0 Å². The lowest BCUT2D eigenvalue weighted by Gasteiger charge is -2.06. The highest BCUT2D eigenvalue weighted by molar-refractivity contribution is 5.74. The normalized spacial score (nSPS) is 15.5. The van der Waals surface area contributed by atoms with E-state index in [0.717, 1.165) is 23.6 Å². The van der Waals surface area contributed by atoms with Crippen molar-refractivity contribution in [3.63, 3.8) is 0 Å². The maximum atomic E-state index is 12.2. The van der Waals surface area contributed by atoms with Crippen molar-refractivity contribution in [2.24, 2.45) is 0 Å². The first kappa shape index (κ1) is 12.7. The molecule has 8 heteroatoms. The maximum Gasteiger partial charge on any atom is 0.435 e. The quantitative estimate of drug-likeness (QED) is 0.860. The molecule has 1 fully saturated rings. The van der Waals surface area contributed by atoms with Gasteiger partial charge in [0.25, 0.3) is 0 Å². The standard InChI is InChI=1S/C10H13F3N4O/c11-10(12,13)8-3-5-17(16-8)6-4-14-9(18)15-7-1-2-7/h3,5,7H,1-2,4,6H2,(H2,14,15,18). The highest BCUT2D eigenvalue weighted by Gasteiger charge is 2.33. The van der Waals surface area contributed by atoms with Gasteiger partial charge in [-0.25, -0.2) is 4.79 Å². The molecule has 0 unspecified atom stereocenters. The SMILES string of the molecule is O=C(NCCn1ccc(C(F)(F)F)n1)NC1CC1. The highest BCUT2D eigenvalue weighted by atomic mass is 19.4. The average molecular weight is 262 g/mol. The first-order valence-electron chi connectivity index (χ1n) is 5.60. The van der Waals surface area contributed by atoms with Crippen LogP contribution in [-0.4, -0.2) is 28.4 Å². The van der Waals surface area contributed by atoms with Crippen molar-refractivity contribution < 1.29 is 18.0 Å². The minimum Gasteiger partial charge on any atom is -0.336 e. The van der Waals surface area contributed by atoms with E-state index >= 15 is 0 Å². The first-order valence-corrected chi connectivity index (χ1v) is 5.60. The average Bonchev–Trinajstić information content (AvgIpc) is 2.93. The largest absolute Gasteiger partial charge is 0.435 e. The fraction of sp³-hybridized carbons (Fsp3) is 0.600. The Morgan fingerprint density at radius 2 is 2.22 bits per heavy atom. The van der Waals surface area contributed by atoms with Crippen LogP contribution in [0.25, 0.3) is 0 Å². The van der Waals surface area contributed by atoms with E-state index in [1.807, 2.05) is 0 Å². The monoisotopic (exact) mass is 262 g/mol. The number of alkyl halides is 3. The molecule has 1 aliphatic carbocycles. The zero-order valence-electron chi connectivity index (χ0n) is 9.50. The molecule has 0 aliphatic heterocycles.